The van der Waals surface area contributed by atoms with Crippen LogP contribution >= 0.6 is 0 Å². The summed E-state index contributed by atoms with van der Waals surface area (Å²) in [5.41, 5.74) is 6.14. The topological polar surface area (TPSA) is 72.7 Å². The predicted octanol–water partition coefficient (Wildman–Crippen LogP) is 5.18. The number of carbonyl (C=O) groups excluding carboxylic acids is 1. The first-order valence-corrected chi connectivity index (χ1v) is 10.6. The lowest BCUT2D eigenvalue weighted by molar-refractivity contribution is -0.115. The van der Waals surface area contributed by atoms with Gasteiger partial charge in [0.2, 0.25) is 5.91 Å². The first-order chi connectivity index (χ1) is 16.3. The van der Waals surface area contributed by atoms with Crippen LogP contribution in [0.5, 0.6) is 0 Å². The highest BCUT2D eigenvalue weighted by molar-refractivity contribution is 5.93. The van der Waals surface area contributed by atoms with Gasteiger partial charge in [0.15, 0.2) is 0 Å². The van der Waals surface area contributed by atoms with Crippen molar-refractivity contribution in [3.63, 3.8) is 0 Å². The van der Waals surface area contributed by atoms with Crippen molar-refractivity contribution in [1.82, 2.24) is 20.0 Å². The number of rotatable bonds is 6. The Bertz CT molecular complexity index is 1350. The van der Waals surface area contributed by atoms with Crippen LogP contribution in [0, 0.1) is 0 Å². The van der Waals surface area contributed by atoms with E-state index in [2.05, 4.69) is 32.7 Å². The van der Waals surface area contributed by atoms with E-state index in [0.717, 1.165) is 33.8 Å². The van der Waals surface area contributed by atoms with Crippen molar-refractivity contribution in [3.05, 3.63) is 115 Å². The summed E-state index contributed by atoms with van der Waals surface area (Å²) in [5.74, 6) is -0.151. The molecule has 0 unspecified atom stereocenters. The molecular formula is C27H21N5O. The van der Waals surface area contributed by atoms with E-state index in [1.165, 1.54) is 0 Å². The Morgan fingerprint density at radius 3 is 2.00 bits per heavy atom. The minimum atomic E-state index is -0.151. The van der Waals surface area contributed by atoms with Crippen LogP contribution in [0.2, 0.25) is 0 Å². The highest BCUT2D eigenvalue weighted by atomic mass is 16.1. The van der Waals surface area contributed by atoms with Gasteiger partial charge in [-0.05, 0) is 35.4 Å². The summed E-state index contributed by atoms with van der Waals surface area (Å²) in [5, 5.41) is 11.6. The zero-order valence-electron chi connectivity index (χ0n) is 17.8. The number of benzene rings is 3. The first kappa shape index (κ1) is 20.3. The largest absolute Gasteiger partial charge is 0.326 e. The molecule has 0 saturated heterocycles. The maximum Gasteiger partial charge on any atom is 0.230 e. The van der Waals surface area contributed by atoms with Gasteiger partial charge in [-0.25, -0.2) is 4.68 Å². The average Bonchev–Trinajstić information content (AvgIpc) is 3.29. The van der Waals surface area contributed by atoms with E-state index in [1.807, 2.05) is 84.9 Å². The van der Waals surface area contributed by atoms with Crippen molar-refractivity contribution >= 4 is 11.6 Å². The third-order valence-electron chi connectivity index (χ3n) is 5.30. The fourth-order valence-electron chi connectivity index (χ4n) is 3.72. The molecule has 6 heteroatoms. The summed E-state index contributed by atoms with van der Waals surface area (Å²) < 4.78 is 1.74. The Morgan fingerprint density at radius 1 is 0.727 bits per heavy atom. The van der Waals surface area contributed by atoms with E-state index < -0.39 is 0 Å². The van der Waals surface area contributed by atoms with E-state index in [4.69, 9.17) is 0 Å². The van der Waals surface area contributed by atoms with Gasteiger partial charge in [0.05, 0.1) is 17.8 Å². The number of nitrogens with one attached hydrogen (secondary N) is 1. The van der Waals surface area contributed by atoms with E-state index in [9.17, 15) is 4.79 Å². The van der Waals surface area contributed by atoms with Crippen LogP contribution in [0.3, 0.4) is 0 Å². The van der Waals surface area contributed by atoms with Crippen molar-refractivity contribution in [1.29, 1.82) is 0 Å². The molecule has 0 atom stereocenters. The van der Waals surface area contributed by atoms with E-state index in [-0.39, 0.29) is 12.3 Å². The lowest BCUT2D eigenvalue weighted by atomic mass is 10.1. The van der Waals surface area contributed by atoms with Crippen molar-refractivity contribution in [2.75, 3.05) is 5.32 Å². The molecule has 0 aliphatic rings. The molecule has 0 radical (unpaired) electrons. The van der Waals surface area contributed by atoms with Gasteiger partial charge < -0.3 is 5.32 Å². The van der Waals surface area contributed by atoms with Gasteiger partial charge in [-0.15, -0.1) is 5.10 Å². The van der Waals surface area contributed by atoms with Gasteiger partial charge in [-0.3, -0.25) is 9.78 Å². The van der Waals surface area contributed by atoms with Crippen LogP contribution in [0.1, 0.15) is 5.69 Å². The maximum absolute atomic E-state index is 12.9. The number of hydrogen-bond donors (Lipinski definition) is 1. The Hall–Kier alpha value is -4.58. The van der Waals surface area contributed by atoms with Gasteiger partial charge in [0.1, 0.15) is 5.69 Å². The number of amides is 1. The normalized spacial score (nSPS) is 10.7. The summed E-state index contributed by atoms with van der Waals surface area (Å²) in [6, 6.07) is 31.5. The minimum absolute atomic E-state index is 0.107. The Morgan fingerprint density at radius 2 is 1.33 bits per heavy atom. The SMILES string of the molecule is O=C(Cc1nnn(-c2ccncc2)c1-c1ccccc1)Nc1ccc(-c2ccccc2)cc1. The first-order valence-electron chi connectivity index (χ1n) is 10.6. The molecule has 2 heterocycles. The molecule has 160 valence electrons. The smallest absolute Gasteiger partial charge is 0.230 e. The van der Waals surface area contributed by atoms with Crippen molar-refractivity contribution in [2.45, 2.75) is 6.42 Å². The van der Waals surface area contributed by atoms with Crippen LogP contribution < -0.4 is 5.32 Å². The molecule has 6 nitrogen and oxygen atoms in total. The van der Waals surface area contributed by atoms with Gasteiger partial charge in [-0.1, -0.05) is 78.0 Å². The number of aromatic nitrogens is 4. The lowest BCUT2D eigenvalue weighted by Gasteiger charge is -2.09. The van der Waals surface area contributed by atoms with Crippen molar-refractivity contribution in [3.8, 4) is 28.1 Å². The van der Waals surface area contributed by atoms with Crippen LogP contribution in [0.15, 0.2) is 109 Å². The third kappa shape index (κ3) is 4.55. The summed E-state index contributed by atoms with van der Waals surface area (Å²) >= 11 is 0. The quantitative estimate of drug-likeness (QED) is 0.402. The second-order valence-electron chi connectivity index (χ2n) is 7.54. The van der Waals surface area contributed by atoms with Crippen LogP contribution in [-0.4, -0.2) is 25.9 Å². The zero-order valence-corrected chi connectivity index (χ0v) is 17.8. The fourth-order valence-corrected chi connectivity index (χ4v) is 3.72. The van der Waals surface area contributed by atoms with Gasteiger partial charge in [0.25, 0.3) is 0 Å². The molecule has 5 aromatic rings. The third-order valence-corrected chi connectivity index (χ3v) is 5.30. The van der Waals surface area contributed by atoms with Gasteiger partial charge >= 0.3 is 0 Å². The Kier molecular flexibility index (Phi) is 5.72. The maximum atomic E-state index is 12.9. The Labute approximate surface area is 191 Å². The molecule has 0 bridgehead atoms. The summed E-state index contributed by atoms with van der Waals surface area (Å²) in [6.07, 6.45) is 3.52. The summed E-state index contributed by atoms with van der Waals surface area (Å²) in [6.45, 7) is 0. The summed E-state index contributed by atoms with van der Waals surface area (Å²) in [7, 11) is 0. The van der Waals surface area contributed by atoms with E-state index in [1.54, 1.807) is 17.1 Å². The Balaban J connectivity index is 1.38. The molecule has 33 heavy (non-hydrogen) atoms. The second-order valence-corrected chi connectivity index (χ2v) is 7.54. The molecule has 2 aromatic heterocycles. The molecule has 3 aromatic carbocycles. The molecule has 0 spiro atoms. The highest BCUT2D eigenvalue weighted by Gasteiger charge is 2.19. The van der Waals surface area contributed by atoms with E-state index >= 15 is 0 Å². The molecule has 1 N–H and O–H groups in total. The number of anilines is 1. The van der Waals surface area contributed by atoms with Gasteiger partial charge in [0, 0.05) is 23.6 Å². The lowest BCUT2D eigenvalue weighted by Crippen LogP contribution is -2.15. The average molecular weight is 431 g/mol. The molecular weight excluding hydrogens is 410 g/mol. The second kappa shape index (κ2) is 9.28. The molecule has 0 aliphatic heterocycles. The predicted molar refractivity (Wildman–Crippen MR) is 129 cm³/mol. The number of carbonyl (C=O) groups is 1. The fraction of sp³-hybridized carbons (Fsp3) is 0.0370. The summed E-state index contributed by atoms with van der Waals surface area (Å²) in [4.78, 5) is 16.9. The molecule has 5 rings (SSSR count). The zero-order chi connectivity index (χ0) is 22.5. The monoisotopic (exact) mass is 431 g/mol. The van der Waals surface area contributed by atoms with Crippen LogP contribution in [0.25, 0.3) is 28.1 Å². The highest BCUT2D eigenvalue weighted by Crippen LogP contribution is 2.26. The van der Waals surface area contributed by atoms with Crippen LogP contribution in [0.4, 0.5) is 5.69 Å². The minimum Gasteiger partial charge on any atom is -0.326 e. The molecule has 0 saturated carbocycles. The molecule has 1 amide bonds. The number of pyridine rings is 1. The van der Waals surface area contributed by atoms with Crippen molar-refractivity contribution in [2.24, 2.45) is 0 Å². The standard InChI is InChI=1S/C27H21N5O/c33-26(29-23-13-11-21(12-14-23)20-7-3-1-4-8-20)19-25-27(22-9-5-2-6-10-22)32(31-30-25)24-15-17-28-18-16-24/h1-18H,19H2,(H,29,33). The van der Waals surface area contributed by atoms with Crippen LogP contribution in [-0.2, 0) is 11.2 Å². The molecule has 0 aliphatic carbocycles. The van der Waals surface area contributed by atoms with Gasteiger partial charge in [-0.2, -0.15) is 0 Å². The van der Waals surface area contributed by atoms with E-state index in [0.29, 0.717) is 5.69 Å². The number of nitrogens with zero attached hydrogens (tertiary/aromatic N) is 4. The number of hydrogen-bond acceptors (Lipinski definition) is 4. The molecule has 0 fully saturated rings. The van der Waals surface area contributed by atoms with Crippen molar-refractivity contribution < 1.29 is 4.79 Å².